The van der Waals surface area contributed by atoms with E-state index in [4.69, 9.17) is 0 Å². The summed E-state index contributed by atoms with van der Waals surface area (Å²) in [7, 11) is 0. The first-order valence-electron chi connectivity index (χ1n) is 25.7. The molecule has 0 radical (unpaired) electrons. The maximum atomic E-state index is 2.45. The van der Waals surface area contributed by atoms with Gasteiger partial charge in [0, 0.05) is 44.4 Å². The number of nitrogens with zero attached hydrogens (tertiary/aromatic N) is 2. The highest BCUT2D eigenvalue weighted by atomic mass is 15.1. The Morgan fingerprint density at radius 3 is 1.58 bits per heavy atom. The van der Waals surface area contributed by atoms with E-state index in [-0.39, 0.29) is 5.41 Å². The van der Waals surface area contributed by atoms with Gasteiger partial charge in [0.25, 0.3) is 0 Å². The summed E-state index contributed by atoms with van der Waals surface area (Å²) in [6.07, 6.45) is 0. The van der Waals surface area contributed by atoms with Crippen molar-refractivity contribution < 1.29 is 0 Å². The van der Waals surface area contributed by atoms with Crippen LogP contribution in [0.15, 0.2) is 285 Å². The van der Waals surface area contributed by atoms with Gasteiger partial charge in [0.1, 0.15) is 0 Å². The van der Waals surface area contributed by atoms with Crippen LogP contribution in [-0.4, -0.2) is 4.57 Å². The number of hydrogen-bond acceptors (Lipinski definition) is 1. The van der Waals surface area contributed by atoms with Crippen molar-refractivity contribution in [3.63, 3.8) is 0 Å². The number of anilines is 3. The highest BCUT2D eigenvalue weighted by Crippen LogP contribution is 2.55. The number of benzene rings is 12. The van der Waals surface area contributed by atoms with Crippen LogP contribution in [-0.2, 0) is 5.41 Å². The zero-order chi connectivity index (χ0) is 49.2. The van der Waals surface area contributed by atoms with Gasteiger partial charge in [-0.3, -0.25) is 0 Å². The minimum absolute atomic E-state index is 0.276. The van der Waals surface area contributed by atoms with E-state index in [1.807, 2.05) is 0 Å². The van der Waals surface area contributed by atoms with Crippen molar-refractivity contribution in [2.45, 2.75) is 12.3 Å². The van der Waals surface area contributed by atoms with E-state index in [9.17, 15) is 0 Å². The molecule has 0 fully saturated rings. The molecule has 1 unspecified atom stereocenters. The second-order valence-electron chi connectivity index (χ2n) is 19.7. The van der Waals surface area contributed by atoms with E-state index in [2.05, 4.69) is 302 Å². The van der Waals surface area contributed by atoms with Crippen molar-refractivity contribution in [3.8, 4) is 61.3 Å². The first-order chi connectivity index (χ1) is 36.6. The highest BCUT2D eigenvalue weighted by molar-refractivity contribution is 6.14. The monoisotopic (exact) mass is 942 g/mol. The van der Waals surface area contributed by atoms with Gasteiger partial charge in [-0.1, -0.05) is 237 Å². The molecule has 0 saturated carbocycles. The van der Waals surface area contributed by atoms with Crippen LogP contribution in [0.3, 0.4) is 0 Å². The maximum Gasteiger partial charge on any atom is 0.0619 e. The molecule has 2 nitrogen and oxygen atoms in total. The molecule has 13 aromatic rings. The van der Waals surface area contributed by atoms with Gasteiger partial charge in [-0.15, -0.1) is 0 Å². The van der Waals surface area contributed by atoms with Crippen molar-refractivity contribution >= 4 is 49.6 Å². The molecule has 0 amide bonds. The van der Waals surface area contributed by atoms with Crippen molar-refractivity contribution in [3.05, 3.63) is 302 Å². The topological polar surface area (TPSA) is 8.17 Å². The van der Waals surface area contributed by atoms with Gasteiger partial charge in [0.05, 0.1) is 16.7 Å². The third kappa shape index (κ3) is 6.87. The molecular weight excluding hydrogens is 893 g/mol. The summed E-state index contributed by atoms with van der Waals surface area (Å²) in [5.41, 5.74) is 22.7. The van der Waals surface area contributed by atoms with Gasteiger partial charge in [0.15, 0.2) is 0 Å². The van der Waals surface area contributed by atoms with Crippen molar-refractivity contribution in [2.75, 3.05) is 4.90 Å². The average molecular weight is 943 g/mol. The van der Waals surface area contributed by atoms with Gasteiger partial charge < -0.3 is 9.47 Å². The lowest BCUT2D eigenvalue weighted by Crippen LogP contribution is -2.22. The van der Waals surface area contributed by atoms with Crippen molar-refractivity contribution in [1.82, 2.24) is 4.57 Å². The summed E-state index contributed by atoms with van der Waals surface area (Å²) in [4.78, 5) is 2.45. The van der Waals surface area contributed by atoms with Gasteiger partial charge in [0.2, 0.25) is 0 Å². The van der Waals surface area contributed by atoms with Crippen LogP contribution in [0.4, 0.5) is 17.1 Å². The lowest BCUT2D eigenvalue weighted by atomic mass is 9.74. The minimum atomic E-state index is -0.276. The van der Waals surface area contributed by atoms with E-state index >= 15 is 0 Å². The fourth-order valence-electron chi connectivity index (χ4n) is 12.3. The Hall–Kier alpha value is -9.50. The molecule has 1 atom stereocenters. The number of fused-ring (bicyclic) bond motifs is 7. The Balaban J connectivity index is 0.943. The average Bonchev–Trinajstić information content (AvgIpc) is 3.96. The first kappa shape index (κ1) is 43.3. The molecule has 1 heterocycles. The summed E-state index contributed by atoms with van der Waals surface area (Å²) in [6.45, 7) is 2.39. The molecule has 1 aromatic heterocycles. The Kier molecular flexibility index (Phi) is 10.3. The van der Waals surface area contributed by atoms with Gasteiger partial charge in [-0.2, -0.15) is 0 Å². The molecule has 348 valence electrons. The molecule has 0 saturated heterocycles. The molecule has 14 rings (SSSR count). The predicted molar refractivity (Wildman–Crippen MR) is 312 cm³/mol. The maximum absolute atomic E-state index is 2.45. The fraction of sp³-hybridized carbons (Fsp3) is 0.0278. The Bertz CT molecular complexity index is 4220. The normalized spacial score (nSPS) is 13.8. The van der Waals surface area contributed by atoms with Gasteiger partial charge in [-0.05, 0) is 127 Å². The lowest BCUT2D eigenvalue weighted by Gasteiger charge is -2.29. The van der Waals surface area contributed by atoms with Crippen LogP contribution < -0.4 is 4.90 Å². The number of rotatable bonds is 9. The summed E-state index contributed by atoms with van der Waals surface area (Å²) < 4.78 is 2.43. The van der Waals surface area contributed by atoms with Crippen LogP contribution in [0.5, 0.6) is 0 Å². The van der Waals surface area contributed by atoms with E-state index < -0.39 is 0 Å². The van der Waals surface area contributed by atoms with Gasteiger partial charge in [-0.25, -0.2) is 0 Å². The standard InChI is InChI=1S/C72H50N2/c1-72(53-25-7-3-8-26-53)65-37-14-11-31-64(65)70-58(33-20-38-66(70)72)50-41-45-55(46-42-50)73(67-39-15-12-29-60(67)62-35-18-24-52-23-17-32-57(69(52)62)49-21-5-2-6-22-49)56-47-43-51(44-48-56)59-34-19-36-63-61-30-13-16-40-68(61)74(71(59)63)54-27-9-4-10-28-54/h2-48H,1H3. The summed E-state index contributed by atoms with van der Waals surface area (Å²) in [5, 5.41) is 4.93. The molecular formula is C72H50N2. The Morgan fingerprint density at radius 2 is 0.838 bits per heavy atom. The second kappa shape index (κ2) is 17.7. The molecule has 74 heavy (non-hydrogen) atoms. The molecule has 0 N–H and O–H groups in total. The van der Waals surface area contributed by atoms with Crippen LogP contribution in [0, 0.1) is 0 Å². The van der Waals surface area contributed by atoms with E-state index in [0.717, 1.165) is 33.9 Å². The van der Waals surface area contributed by atoms with Crippen molar-refractivity contribution in [2.24, 2.45) is 0 Å². The Labute approximate surface area is 432 Å². The summed E-state index contributed by atoms with van der Waals surface area (Å²) in [6, 6.07) is 105. The SMILES string of the molecule is CC1(c2ccccc2)c2ccccc2-c2c(-c3ccc(N(c4ccc(-c5cccc6c7ccccc7n(-c7ccccc7)c56)cc4)c4ccccc4-c4cccc5cccc(-c6ccccc6)c45)cc3)cccc21. The van der Waals surface area contributed by atoms with Crippen LogP contribution >= 0.6 is 0 Å². The van der Waals surface area contributed by atoms with E-state index in [0.29, 0.717) is 0 Å². The first-order valence-corrected chi connectivity index (χ1v) is 25.7. The third-order valence-electron chi connectivity index (χ3n) is 15.7. The predicted octanol–water partition coefficient (Wildman–Crippen LogP) is 19.4. The molecule has 12 aromatic carbocycles. The van der Waals surface area contributed by atoms with Gasteiger partial charge >= 0.3 is 0 Å². The number of para-hydroxylation sites is 4. The number of hydrogen-bond donors (Lipinski definition) is 0. The second-order valence-corrected chi connectivity index (χ2v) is 19.7. The quantitative estimate of drug-likeness (QED) is 0.140. The smallest absolute Gasteiger partial charge is 0.0619 e. The molecule has 0 spiro atoms. The van der Waals surface area contributed by atoms with Crippen LogP contribution in [0.25, 0.3) is 93.9 Å². The molecule has 2 heteroatoms. The highest BCUT2D eigenvalue weighted by Gasteiger charge is 2.41. The zero-order valence-electron chi connectivity index (χ0n) is 41.0. The molecule has 0 aliphatic heterocycles. The molecule has 1 aliphatic carbocycles. The molecule has 1 aliphatic rings. The van der Waals surface area contributed by atoms with E-state index in [1.54, 1.807) is 0 Å². The third-order valence-corrected chi connectivity index (χ3v) is 15.7. The van der Waals surface area contributed by atoms with Crippen molar-refractivity contribution in [1.29, 1.82) is 0 Å². The van der Waals surface area contributed by atoms with Crippen LogP contribution in [0.1, 0.15) is 23.6 Å². The lowest BCUT2D eigenvalue weighted by molar-refractivity contribution is 0.714. The van der Waals surface area contributed by atoms with E-state index in [1.165, 1.54) is 93.8 Å². The molecule has 0 bridgehead atoms. The number of aromatic nitrogens is 1. The fourth-order valence-corrected chi connectivity index (χ4v) is 12.3. The van der Waals surface area contributed by atoms with Crippen LogP contribution in [0.2, 0.25) is 0 Å². The zero-order valence-corrected chi connectivity index (χ0v) is 41.0. The Morgan fingerprint density at radius 1 is 0.338 bits per heavy atom. The summed E-state index contributed by atoms with van der Waals surface area (Å²) in [5.74, 6) is 0. The summed E-state index contributed by atoms with van der Waals surface area (Å²) >= 11 is 0. The minimum Gasteiger partial charge on any atom is -0.310 e. The largest absolute Gasteiger partial charge is 0.310 e.